The van der Waals surface area contributed by atoms with Gasteiger partial charge < -0.3 is 48.5 Å². The van der Waals surface area contributed by atoms with E-state index in [2.05, 4.69) is 16.0 Å². The van der Waals surface area contributed by atoms with Crippen LogP contribution in [-0.4, -0.2) is 88.2 Å². The number of unbranched alkanes of at least 4 members (excludes halogenated alkanes) is 2. The fourth-order valence-corrected chi connectivity index (χ4v) is 3.29. The van der Waals surface area contributed by atoms with Crippen molar-refractivity contribution in [1.82, 2.24) is 16.0 Å². The molecule has 0 aromatic carbocycles. The zero-order valence-corrected chi connectivity index (χ0v) is 20.8. The minimum Gasteiger partial charge on any atom is -0.481 e. The quantitative estimate of drug-likeness (QED) is 0.0715. The number of hydrogen-bond acceptors (Lipinski definition) is 9. The van der Waals surface area contributed by atoms with Crippen molar-refractivity contribution in [3.8, 4) is 0 Å². The van der Waals surface area contributed by atoms with Crippen molar-refractivity contribution in [3.05, 3.63) is 0 Å². The number of carbonyl (C=O) groups is 6. The largest absolute Gasteiger partial charge is 0.481 e. The van der Waals surface area contributed by atoms with Gasteiger partial charge in [-0.05, 0) is 58.0 Å². The molecule has 4 unspecified atom stereocenters. The summed E-state index contributed by atoms with van der Waals surface area (Å²) in [5, 5.41) is 34.4. The molecule has 0 spiro atoms. The summed E-state index contributed by atoms with van der Waals surface area (Å²) in [6, 6.07) is -5.12. The molecule has 0 aromatic rings. The van der Waals surface area contributed by atoms with Gasteiger partial charge in [-0.1, -0.05) is 6.42 Å². The highest BCUT2D eigenvalue weighted by Gasteiger charge is 2.30. The van der Waals surface area contributed by atoms with E-state index in [0.29, 0.717) is 38.8 Å². The molecule has 15 heteroatoms. The molecule has 37 heavy (non-hydrogen) atoms. The molecule has 0 saturated carbocycles. The van der Waals surface area contributed by atoms with Gasteiger partial charge >= 0.3 is 17.9 Å². The highest BCUT2D eigenvalue weighted by atomic mass is 16.4. The van der Waals surface area contributed by atoms with Crippen molar-refractivity contribution in [3.63, 3.8) is 0 Å². The van der Waals surface area contributed by atoms with Gasteiger partial charge in [0.05, 0.1) is 6.04 Å². The summed E-state index contributed by atoms with van der Waals surface area (Å²) in [7, 11) is 0. The second-order valence-electron chi connectivity index (χ2n) is 8.56. The minimum absolute atomic E-state index is 0.0667. The molecular formula is C22H40N6O9. The zero-order valence-electron chi connectivity index (χ0n) is 20.8. The fourth-order valence-electron chi connectivity index (χ4n) is 3.29. The molecule has 0 saturated heterocycles. The van der Waals surface area contributed by atoms with Crippen molar-refractivity contribution >= 4 is 35.6 Å². The number of carboxylic acids is 3. The van der Waals surface area contributed by atoms with E-state index in [1.165, 1.54) is 0 Å². The molecule has 4 atom stereocenters. The van der Waals surface area contributed by atoms with Crippen molar-refractivity contribution < 1.29 is 44.1 Å². The zero-order chi connectivity index (χ0) is 28.4. The lowest BCUT2D eigenvalue weighted by molar-refractivity contribution is -0.143. The fraction of sp³-hybridized carbons (Fsp3) is 0.727. The average Bonchev–Trinajstić information content (AvgIpc) is 2.82. The predicted molar refractivity (Wildman–Crippen MR) is 131 cm³/mol. The van der Waals surface area contributed by atoms with Crippen LogP contribution in [-0.2, 0) is 28.8 Å². The molecule has 12 N–H and O–H groups in total. The molecule has 0 aliphatic heterocycles. The van der Waals surface area contributed by atoms with Crippen molar-refractivity contribution in [2.24, 2.45) is 17.2 Å². The number of nitrogens with one attached hydrogen (secondary N) is 3. The normalized spacial score (nSPS) is 14.0. The van der Waals surface area contributed by atoms with E-state index in [4.69, 9.17) is 27.4 Å². The molecule has 0 aliphatic carbocycles. The number of carboxylic acid groups (broad SMARTS) is 3. The Morgan fingerprint density at radius 3 is 1.38 bits per heavy atom. The molecule has 0 fully saturated rings. The first-order chi connectivity index (χ1) is 17.4. The Bertz CT molecular complexity index is 780. The van der Waals surface area contributed by atoms with Gasteiger partial charge in [0.25, 0.3) is 0 Å². The highest BCUT2D eigenvalue weighted by Crippen LogP contribution is 2.07. The molecule has 3 amide bonds. The first-order valence-electron chi connectivity index (χ1n) is 12.2. The number of aliphatic carboxylic acids is 3. The molecule has 0 aromatic heterocycles. The molecule has 0 rings (SSSR count). The molecule has 0 bridgehead atoms. The van der Waals surface area contributed by atoms with Gasteiger partial charge in [0.2, 0.25) is 17.7 Å². The Hall–Kier alpha value is -3.30. The van der Waals surface area contributed by atoms with Crippen LogP contribution < -0.4 is 33.2 Å². The molecule has 212 valence electrons. The molecule has 0 heterocycles. The van der Waals surface area contributed by atoms with E-state index >= 15 is 0 Å². The molecule has 0 aliphatic rings. The van der Waals surface area contributed by atoms with Gasteiger partial charge in [-0.15, -0.1) is 0 Å². The first-order valence-corrected chi connectivity index (χ1v) is 12.2. The summed E-state index contributed by atoms with van der Waals surface area (Å²) in [6.07, 6.45) is 0.756. The van der Waals surface area contributed by atoms with Crippen LogP contribution in [0.2, 0.25) is 0 Å². The van der Waals surface area contributed by atoms with Gasteiger partial charge in [-0.2, -0.15) is 0 Å². The topological polar surface area (TPSA) is 277 Å². The van der Waals surface area contributed by atoms with Crippen molar-refractivity contribution in [2.45, 2.75) is 88.4 Å². The average molecular weight is 533 g/mol. The summed E-state index contributed by atoms with van der Waals surface area (Å²) in [5.41, 5.74) is 16.6. The van der Waals surface area contributed by atoms with E-state index in [-0.39, 0.29) is 25.7 Å². The second-order valence-corrected chi connectivity index (χ2v) is 8.56. The summed E-state index contributed by atoms with van der Waals surface area (Å²) >= 11 is 0. The van der Waals surface area contributed by atoms with E-state index in [0.717, 1.165) is 0 Å². The highest BCUT2D eigenvalue weighted by molar-refractivity contribution is 5.94. The smallest absolute Gasteiger partial charge is 0.326 e. The Balaban J connectivity index is 5.54. The van der Waals surface area contributed by atoms with Crippen LogP contribution in [0.3, 0.4) is 0 Å². The maximum Gasteiger partial charge on any atom is 0.326 e. The lowest BCUT2D eigenvalue weighted by atomic mass is 10.0. The monoisotopic (exact) mass is 532 g/mol. The summed E-state index contributed by atoms with van der Waals surface area (Å²) in [6.45, 7) is 0.741. The Labute approximate surface area is 214 Å². The maximum atomic E-state index is 12.9. The van der Waals surface area contributed by atoms with Crippen LogP contribution in [0.4, 0.5) is 0 Å². The van der Waals surface area contributed by atoms with E-state index < -0.39 is 72.6 Å². The maximum absolute atomic E-state index is 12.9. The van der Waals surface area contributed by atoms with Crippen LogP contribution in [0.1, 0.15) is 64.2 Å². The third kappa shape index (κ3) is 15.4. The third-order valence-corrected chi connectivity index (χ3v) is 5.43. The number of hydrogen-bond donors (Lipinski definition) is 9. The van der Waals surface area contributed by atoms with E-state index in [9.17, 15) is 33.9 Å². The van der Waals surface area contributed by atoms with Crippen molar-refractivity contribution in [1.29, 1.82) is 0 Å². The van der Waals surface area contributed by atoms with Gasteiger partial charge in [-0.3, -0.25) is 24.0 Å². The second kappa shape index (κ2) is 18.9. The first kappa shape index (κ1) is 33.7. The number of amides is 3. The van der Waals surface area contributed by atoms with Crippen LogP contribution in [0.25, 0.3) is 0 Å². The van der Waals surface area contributed by atoms with Crippen LogP contribution in [0.15, 0.2) is 0 Å². The Kier molecular flexibility index (Phi) is 17.2. The van der Waals surface area contributed by atoms with Crippen LogP contribution in [0.5, 0.6) is 0 Å². The minimum atomic E-state index is -1.46. The number of carbonyl (C=O) groups excluding carboxylic acids is 3. The van der Waals surface area contributed by atoms with Crippen LogP contribution >= 0.6 is 0 Å². The van der Waals surface area contributed by atoms with Crippen LogP contribution in [0, 0.1) is 0 Å². The summed E-state index contributed by atoms with van der Waals surface area (Å²) in [4.78, 5) is 71.8. The number of nitrogens with two attached hydrogens (primary N) is 3. The van der Waals surface area contributed by atoms with E-state index in [1.54, 1.807) is 0 Å². The lowest BCUT2D eigenvalue weighted by Crippen LogP contribution is -2.57. The molecule has 0 radical (unpaired) electrons. The summed E-state index contributed by atoms with van der Waals surface area (Å²) < 4.78 is 0. The van der Waals surface area contributed by atoms with Gasteiger partial charge in [0, 0.05) is 12.8 Å². The molecule has 15 nitrogen and oxygen atoms in total. The third-order valence-electron chi connectivity index (χ3n) is 5.43. The standard InChI is InChI=1S/C22H40N6O9/c23-11-3-1-5-13(25)19(33)26-14(7-9-17(29)30)20(34)27-15(8-10-18(31)32)21(35)28-16(22(36)37)6-2-4-12-24/h13-16H,1-12,23-25H2,(H,26,33)(H,27,34)(H,28,35)(H,29,30)(H,31,32)(H,36,37). The number of rotatable bonds is 21. The summed E-state index contributed by atoms with van der Waals surface area (Å²) in [5.74, 6) is -6.39. The molecular weight excluding hydrogens is 492 g/mol. The van der Waals surface area contributed by atoms with Gasteiger partial charge in [0.15, 0.2) is 0 Å². The van der Waals surface area contributed by atoms with Gasteiger partial charge in [0.1, 0.15) is 18.1 Å². The Morgan fingerprint density at radius 2 is 0.973 bits per heavy atom. The predicted octanol–water partition coefficient (Wildman–Crippen LogP) is -2.16. The lowest BCUT2D eigenvalue weighted by Gasteiger charge is -2.25. The Morgan fingerprint density at radius 1 is 0.568 bits per heavy atom. The van der Waals surface area contributed by atoms with E-state index in [1.807, 2.05) is 0 Å². The van der Waals surface area contributed by atoms with Crippen molar-refractivity contribution in [2.75, 3.05) is 13.1 Å². The SMILES string of the molecule is NCCCCC(N)C(=O)NC(CCC(=O)O)C(=O)NC(CCC(=O)O)C(=O)NC(CCCCN)C(=O)O. The van der Waals surface area contributed by atoms with Gasteiger partial charge in [-0.25, -0.2) is 4.79 Å².